The minimum Gasteiger partial charge on any atom is -0.497 e. The second-order valence-electron chi connectivity index (χ2n) is 5.53. The van der Waals surface area contributed by atoms with Gasteiger partial charge in [-0.1, -0.05) is 38.1 Å². The Bertz CT molecular complexity index is 674. The molecule has 2 aromatic rings. The summed E-state index contributed by atoms with van der Waals surface area (Å²) in [6, 6.07) is 15.6. The van der Waals surface area contributed by atoms with Crippen LogP contribution in [0.4, 0.5) is 5.69 Å². The first-order chi connectivity index (χ1) is 11.1. The van der Waals surface area contributed by atoms with E-state index in [9.17, 15) is 4.79 Å². The quantitative estimate of drug-likeness (QED) is 0.774. The van der Waals surface area contributed by atoms with Crippen molar-refractivity contribution >= 4 is 17.7 Å². The van der Waals surface area contributed by atoms with Gasteiger partial charge in [0.15, 0.2) is 0 Å². The van der Waals surface area contributed by atoms with Crippen molar-refractivity contribution in [3.63, 3.8) is 0 Å². The van der Waals surface area contributed by atoms with Crippen LogP contribution in [-0.2, 0) is 4.79 Å². The summed E-state index contributed by atoms with van der Waals surface area (Å²) < 4.78 is 5.16. The van der Waals surface area contributed by atoms with Gasteiger partial charge in [0.05, 0.1) is 7.11 Å². The fourth-order valence-electron chi connectivity index (χ4n) is 2.23. The first-order valence-corrected chi connectivity index (χ1v) is 7.85. The van der Waals surface area contributed by atoms with Gasteiger partial charge >= 0.3 is 0 Å². The average molecular weight is 309 g/mol. The molecule has 3 nitrogen and oxygen atoms in total. The van der Waals surface area contributed by atoms with E-state index in [2.05, 4.69) is 31.3 Å². The maximum atomic E-state index is 12.0. The molecule has 2 aromatic carbocycles. The van der Waals surface area contributed by atoms with E-state index < -0.39 is 0 Å². The SMILES string of the molecule is CC[C@@H](C)c1ccc(NC(=O)/C=C/c2cccc(OC)c2)cc1. The maximum absolute atomic E-state index is 12.0. The van der Waals surface area contributed by atoms with E-state index in [0.29, 0.717) is 5.92 Å². The van der Waals surface area contributed by atoms with Gasteiger partial charge < -0.3 is 10.1 Å². The zero-order valence-electron chi connectivity index (χ0n) is 13.9. The summed E-state index contributed by atoms with van der Waals surface area (Å²) in [6.45, 7) is 4.37. The van der Waals surface area contributed by atoms with Crippen LogP contribution in [0.1, 0.15) is 37.3 Å². The molecule has 0 heterocycles. The Morgan fingerprint density at radius 1 is 1.22 bits per heavy atom. The molecule has 0 unspecified atom stereocenters. The lowest BCUT2D eigenvalue weighted by Crippen LogP contribution is -2.07. The molecule has 0 aliphatic rings. The molecule has 0 radical (unpaired) electrons. The van der Waals surface area contributed by atoms with Gasteiger partial charge in [0.2, 0.25) is 5.91 Å². The Labute approximate surface area is 138 Å². The zero-order chi connectivity index (χ0) is 16.7. The Balaban J connectivity index is 1.97. The molecule has 1 amide bonds. The third-order valence-corrected chi connectivity index (χ3v) is 3.88. The van der Waals surface area contributed by atoms with Crippen molar-refractivity contribution < 1.29 is 9.53 Å². The lowest BCUT2D eigenvalue weighted by molar-refractivity contribution is -0.111. The fraction of sp³-hybridized carbons (Fsp3) is 0.250. The molecule has 0 aromatic heterocycles. The molecule has 2 rings (SSSR count). The molecule has 0 fully saturated rings. The Kier molecular flexibility index (Phi) is 5.98. The number of methoxy groups -OCH3 is 1. The van der Waals surface area contributed by atoms with Crippen molar-refractivity contribution in [1.82, 2.24) is 0 Å². The molecule has 120 valence electrons. The van der Waals surface area contributed by atoms with E-state index in [1.807, 2.05) is 36.4 Å². The van der Waals surface area contributed by atoms with E-state index in [4.69, 9.17) is 4.74 Å². The van der Waals surface area contributed by atoms with Gasteiger partial charge in [0.25, 0.3) is 0 Å². The standard InChI is InChI=1S/C20H23NO2/c1-4-15(2)17-9-11-18(12-10-17)21-20(22)13-8-16-6-5-7-19(14-16)23-3/h5-15H,4H2,1-3H3,(H,21,22)/b13-8+/t15-/m1/s1. The summed E-state index contributed by atoms with van der Waals surface area (Å²) >= 11 is 0. The van der Waals surface area contributed by atoms with Gasteiger partial charge in [-0.25, -0.2) is 0 Å². The van der Waals surface area contributed by atoms with Gasteiger partial charge in [-0.05, 0) is 53.8 Å². The fourth-order valence-corrected chi connectivity index (χ4v) is 2.23. The number of rotatable bonds is 6. The molecular formula is C20H23NO2. The number of benzene rings is 2. The Morgan fingerprint density at radius 2 is 1.96 bits per heavy atom. The van der Waals surface area contributed by atoms with E-state index in [1.54, 1.807) is 13.2 Å². The minimum absolute atomic E-state index is 0.149. The number of anilines is 1. The topological polar surface area (TPSA) is 38.3 Å². The molecule has 1 atom stereocenters. The highest BCUT2D eigenvalue weighted by Crippen LogP contribution is 2.20. The molecule has 0 bridgehead atoms. The van der Waals surface area contributed by atoms with Gasteiger partial charge in [0.1, 0.15) is 5.75 Å². The normalized spacial score (nSPS) is 12.1. The lowest BCUT2D eigenvalue weighted by atomic mass is 9.99. The van der Waals surface area contributed by atoms with Crippen LogP contribution >= 0.6 is 0 Å². The third kappa shape index (κ3) is 4.99. The summed E-state index contributed by atoms with van der Waals surface area (Å²) in [5.74, 6) is 1.16. The van der Waals surface area contributed by atoms with E-state index in [1.165, 1.54) is 11.6 Å². The number of amides is 1. The van der Waals surface area contributed by atoms with Crippen molar-refractivity contribution in [2.75, 3.05) is 12.4 Å². The van der Waals surface area contributed by atoms with Crippen molar-refractivity contribution in [3.8, 4) is 5.75 Å². The number of carbonyl (C=O) groups excluding carboxylic acids is 1. The number of carbonyl (C=O) groups is 1. The molecular weight excluding hydrogens is 286 g/mol. The highest BCUT2D eigenvalue weighted by Gasteiger charge is 2.03. The van der Waals surface area contributed by atoms with Crippen molar-refractivity contribution in [2.45, 2.75) is 26.2 Å². The summed E-state index contributed by atoms with van der Waals surface area (Å²) in [7, 11) is 1.62. The predicted octanol–water partition coefficient (Wildman–Crippen LogP) is 4.86. The van der Waals surface area contributed by atoms with Crippen LogP contribution in [0.2, 0.25) is 0 Å². The van der Waals surface area contributed by atoms with Crippen LogP contribution in [0.5, 0.6) is 5.75 Å². The first-order valence-electron chi connectivity index (χ1n) is 7.85. The number of hydrogen-bond acceptors (Lipinski definition) is 2. The van der Waals surface area contributed by atoms with E-state index >= 15 is 0 Å². The summed E-state index contributed by atoms with van der Waals surface area (Å²) in [4.78, 5) is 12.0. The van der Waals surface area contributed by atoms with E-state index in [0.717, 1.165) is 23.4 Å². The maximum Gasteiger partial charge on any atom is 0.248 e. The Hall–Kier alpha value is -2.55. The molecule has 3 heteroatoms. The van der Waals surface area contributed by atoms with Crippen molar-refractivity contribution in [1.29, 1.82) is 0 Å². The van der Waals surface area contributed by atoms with Gasteiger partial charge in [-0.15, -0.1) is 0 Å². The van der Waals surface area contributed by atoms with Crippen LogP contribution in [0.3, 0.4) is 0 Å². The molecule has 0 spiro atoms. The summed E-state index contributed by atoms with van der Waals surface area (Å²) in [5, 5.41) is 2.87. The number of hydrogen-bond donors (Lipinski definition) is 1. The van der Waals surface area contributed by atoms with Gasteiger partial charge in [-0.3, -0.25) is 4.79 Å². The van der Waals surface area contributed by atoms with Crippen LogP contribution in [0.25, 0.3) is 6.08 Å². The van der Waals surface area contributed by atoms with Crippen LogP contribution in [0, 0.1) is 0 Å². The molecule has 0 aliphatic carbocycles. The monoisotopic (exact) mass is 309 g/mol. The first kappa shape index (κ1) is 16.8. The molecule has 1 N–H and O–H groups in total. The highest BCUT2D eigenvalue weighted by molar-refractivity contribution is 6.01. The van der Waals surface area contributed by atoms with Crippen molar-refractivity contribution in [2.24, 2.45) is 0 Å². The zero-order valence-corrected chi connectivity index (χ0v) is 13.9. The smallest absolute Gasteiger partial charge is 0.248 e. The van der Waals surface area contributed by atoms with Crippen LogP contribution in [-0.4, -0.2) is 13.0 Å². The summed E-state index contributed by atoms with van der Waals surface area (Å²) in [5.41, 5.74) is 3.02. The van der Waals surface area contributed by atoms with Gasteiger partial charge in [-0.2, -0.15) is 0 Å². The number of ether oxygens (including phenoxy) is 1. The second kappa shape index (κ2) is 8.18. The van der Waals surface area contributed by atoms with Crippen LogP contribution in [0.15, 0.2) is 54.6 Å². The second-order valence-corrected chi connectivity index (χ2v) is 5.53. The average Bonchev–Trinajstić information content (AvgIpc) is 2.60. The Morgan fingerprint density at radius 3 is 2.61 bits per heavy atom. The lowest BCUT2D eigenvalue weighted by Gasteiger charge is -2.09. The van der Waals surface area contributed by atoms with Gasteiger partial charge in [0, 0.05) is 11.8 Å². The van der Waals surface area contributed by atoms with Crippen molar-refractivity contribution in [3.05, 3.63) is 65.7 Å². The molecule has 0 saturated heterocycles. The third-order valence-electron chi connectivity index (χ3n) is 3.88. The molecule has 23 heavy (non-hydrogen) atoms. The van der Waals surface area contributed by atoms with Crippen LogP contribution < -0.4 is 10.1 Å². The molecule has 0 aliphatic heterocycles. The van der Waals surface area contributed by atoms with E-state index in [-0.39, 0.29) is 5.91 Å². The predicted molar refractivity (Wildman–Crippen MR) is 95.8 cm³/mol. The molecule has 0 saturated carbocycles. The highest BCUT2D eigenvalue weighted by atomic mass is 16.5. The summed E-state index contributed by atoms with van der Waals surface area (Å²) in [6.07, 6.45) is 4.40. The largest absolute Gasteiger partial charge is 0.497 e. The number of nitrogens with one attached hydrogen (secondary N) is 1. The minimum atomic E-state index is -0.149.